The standard InChI is InChI=1S/C14H21NO6/c1-9(2)12(16)19-7-11(21-13(17)10(3)4)8-20-14(18)15(5)6/h11H,1,3,7-8H2,2,4-6H3. The first-order chi connectivity index (χ1) is 9.65. The minimum Gasteiger partial charge on any atom is -0.458 e. The lowest BCUT2D eigenvalue weighted by Gasteiger charge is -2.19. The highest BCUT2D eigenvalue weighted by atomic mass is 16.6. The second-order valence-electron chi connectivity index (χ2n) is 4.66. The van der Waals surface area contributed by atoms with Crippen molar-refractivity contribution in [1.82, 2.24) is 4.90 Å². The van der Waals surface area contributed by atoms with Gasteiger partial charge in [0.15, 0.2) is 6.10 Å². The molecule has 0 aromatic heterocycles. The molecule has 7 heteroatoms. The van der Waals surface area contributed by atoms with Gasteiger partial charge in [0.05, 0.1) is 0 Å². The molecule has 0 aromatic rings. The Bertz CT molecular complexity index is 441. The van der Waals surface area contributed by atoms with Gasteiger partial charge in [-0.05, 0) is 13.8 Å². The second-order valence-corrected chi connectivity index (χ2v) is 4.66. The predicted octanol–water partition coefficient (Wildman–Crippen LogP) is 1.29. The highest BCUT2D eigenvalue weighted by Crippen LogP contribution is 2.03. The predicted molar refractivity (Wildman–Crippen MR) is 75.5 cm³/mol. The molecule has 0 radical (unpaired) electrons. The largest absolute Gasteiger partial charge is 0.458 e. The van der Waals surface area contributed by atoms with Crippen LogP contribution in [0.3, 0.4) is 0 Å². The van der Waals surface area contributed by atoms with Crippen LogP contribution in [0, 0.1) is 0 Å². The summed E-state index contributed by atoms with van der Waals surface area (Å²) in [5.41, 5.74) is 0.399. The van der Waals surface area contributed by atoms with Crippen molar-refractivity contribution < 1.29 is 28.6 Å². The molecule has 0 aromatic carbocycles. The van der Waals surface area contributed by atoms with Gasteiger partial charge in [-0.25, -0.2) is 14.4 Å². The topological polar surface area (TPSA) is 82.1 Å². The van der Waals surface area contributed by atoms with Crippen molar-refractivity contribution >= 4 is 18.0 Å². The van der Waals surface area contributed by atoms with Crippen LogP contribution in [-0.4, -0.2) is 56.3 Å². The van der Waals surface area contributed by atoms with Crippen molar-refractivity contribution in [2.75, 3.05) is 27.3 Å². The highest BCUT2D eigenvalue weighted by molar-refractivity contribution is 5.87. The molecule has 0 heterocycles. The molecular weight excluding hydrogens is 278 g/mol. The van der Waals surface area contributed by atoms with Gasteiger partial charge in [-0.2, -0.15) is 0 Å². The quantitative estimate of drug-likeness (QED) is 0.400. The van der Waals surface area contributed by atoms with Gasteiger partial charge in [0, 0.05) is 25.2 Å². The van der Waals surface area contributed by atoms with E-state index in [-0.39, 0.29) is 24.4 Å². The lowest BCUT2D eigenvalue weighted by molar-refractivity contribution is -0.156. The Morgan fingerprint density at radius 1 is 0.952 bits per heavy atom. The van der Waals surface area contributed by atoms with Crippen LogP contribution < -0.4 is 0 Å². The summed E-state index contributed by atoms with van der Waals surface area (Å²) in [4.78, 5) is 35.4. The Kier molecular flexibility index (Phi) is 7.81. The second kappa shape index (κ2) is 8.78. The molecule has 1 unspecified atom stereocenters. The number of hydrogen-bond donors (Lipinski definition) is 0. The number of ether oxygens (including phenoxy) is 3. The average molecular weight is 299 g/mol. The van der Waals surface area contributed by atoms with Gasteiger partial charge in [-0.1, -0.05) is 13.2 Å². The van der Waals surface area contributed by atoms with Gasteiger partial charge in [-0.15, -0.1) is 0 Å². The fourth-order valence-electron chi connectivity index (χ4n) is 0.953. The van der Waals surface area contributed by atoms with E-state index in [2.05, 4.69) is 13.2 Å². The van der Waals surface area contributed by atoms with Crippen molar-refractivity contribution in [3.63, 3.8) is 0 Å². The molecule has 21 heavy (non-hydrogen) atoms. The molecule has 0 spiro atoms. The molecule has 0 aliphatic heterocycles. The lowest BCUT2D eigenvalue weighted by Crippen LogP contribution is -2.33. The highest BCUT2D eigenvalue weighted by Gasteiger charge is 2.20. The number of carbonyl (C=O) groups is 3. The maximum absolute atomic E-state index is 11.5. The molecule has 0 saturated heterocycles. The molecular formula is C14H21NO6. The van der Waals surface area contributed by atoms with Crippen molar-refractivity contribution in [3.05, 3.63) is 24.3 Å². The molecule has 0 bridgehead atoms. The lowest BCUT2D eigenvalue weighted by atomic mass is 10.3. The van der Waals surface area contributed by atoms with E-state index >= 15 is 0 Å². The Morgan fingerprint density at radius 3 is 1.86 bits per heavy atom. The van der Waals surface area contributed by atoms with E-state index in [1.54, 1.807) is 0 Å². The van der Waals surface area contributed by atoms with E-state index in [0.29, 0.717) is 0 Å². The monoisotopic (exact) mass is 299 g/mol. The van der Waals surface area contributed by atoms with E-state index < -0.39 is 24.1 Å². The zero-order valence-electron chi connectivity index (χ0n) is 12.8. The summed E-state index contributed by atoms with van der Waals surface area (Å²) in [6.45, 7) is 9.36. The number of rotatable bonds is 7. The molecule has 0 saturated carbocycles. The number of esters is 2. The van der Waals surface area contributed by atoms with Gasteiger partial charge in [0.2, 0.25) is 0 Å². The number of nitrogens with zero attached hydrogens (tertiary/aromatic N) is 1. The summed E-state index contributed by atoms with van der Waals surface area (Å²) in [5, 5.41) is 0. The SMILES string of the molecule is C=C(C)C(=O)OCC(COC(=O)N(C)C)OC(=O)C(=C)C. The Labute approximate surface area is 124 Å². The third kappa shape index (κ3) is 7.76. The molecule has 0 fully saturated rings. The average Bonchev–Trinajstić information content (AvgIpc) is 2.40. The van der Waals surface area contributed by atoms with Crippen LogP contribution in [0.25, 0.3) is 0 Å². The van der Waals surface area contributed by atoms with Crippen LogP contribution in [0.1, 0.15) is 13.8 Å². The van der Waals surface area contributed by atoms with Crippen LogP contribution in [0.4, 0.5) is 4.79 Å². The third-order valence-corrected chi connectivity index (χ3v) is 2.13. The smallest absolute Gasteiger partial charge is 0.409 e. The Balaban J connectivity index is 4.57. The van der Waals surface area contributed by atoms with Crippen LogP contribution >= 0.6 is 0 Å². The minimum absolute atomic E-state index is 0.185. The normalized spacial score (nSPS) is 11.0. The molecule has 118 valence electrons. The summed E-state index contributed by atoms with van der Waals surface area (Å²) in [6, 6.07) is 0. The molecule has 0 rings (SSSR count). The van der Waals surface area contributed by atoms with E-state index in [9.17, 15) is 14.4 Å². The first-order valence-electron chi connectivity index (χ1n) is 6.18. The molecule has 0 N–H and O–H groups in total. The fourth-order valence-corrected chi connectivity index (χ4v) is 0.953. The van der Waals surface area contributed by atoms with Crippen molar-refractivity contribution in [1.29, 1.82) is 0 Å². The van der Waals surface area contributed by atoms with E-state index in [1.165, 1.54) is 32.8 Å². The third-order valence-electron chi connectivity index (χ3n) is 2.13. The fraction of sp³-hybridized carbons (Fsp3) is 0.500. The van der Waals surface area contributed by atoms with Crippen molar-refractivity contribution in [2.45, 2.75) is 20.0 Å². The molecule has 1 atom stereocenters. The van der Waals surface area contributed by atoms with Gasteiger partial charge in [0.1, 0.15) is 13.2 Å². The van der Waals surface area contributed by atoms with Crippen LogP contribution in [-0.2, 0) is 23.8 Å². The number of carbonyl (C=O) groups excluding carboxylic acids is 3. The number of hydrogen-bond acceptors (Lipinski definition) is 6. The first-order valence-corrected chi connectivity index (χ1v) is 6.18. The summed E-state index contributed by atoms with van der Waals surface area (Å²) in [7, 11) is 3.02. The molecule has 0 aliphatic carbocycles. The Hall–Kier alpha value is -2.31. The van der Waals surface area contributed by atoms with Crippen LogP contribution in [0.15, 0.2) is 24.3 Å². The number of amides is 1. The minimum atomic E-state index is -0.915. The summed E-state index contributed by atoms with van der Waals surface area (Å²) in [6.07, 6.45) is -1.51. The van der Waals surface area contributed by atoms with Crippen LogP contribution in [0.5, 0.6) is 0 Å². The van der Waals surface area contributed by atoms with E-state index in [0.717, 1.165) is 0 Å². The summed E-state index contributed by atoms with van der Waals surface area (Å²) >= 11 is 0. The van der Waals surface area contributed by atoms with Gasteiger partial charge in [-0.3, -0.25) is 0 Å². The van der Waals surface area contributed by atoms with E-state index in [1.807, 2.05) is 0 Å². The van der Waals surface area contributed by atoms with Gasteiger partial charge >= 0.3 is 18.0 Å². The van der Waals surface area contributed by atoms with Crippen LogP contribution in [0.2, 0.25) is 0 Å². The first kappa shape index (κ1) is 18.7. The summed E-state index contributed by atoms with van der Waals surface area (Å²) < 4.78 is 14.8. The molecule has 1 amide bonds. The molecule has 7 nitrogen and oxygen atoms in total. The zero-order chi connectivity index (χ0) is 16.6. The Morgan fingerprint density at radius 2 is 1.43 bits per heavy atom. The van der Waals surface area contributed by atoms with E-state index in [4.69, 9.17) is 14.2 Å². The van der Waals surface area contributed by atoms with Crippen molar-refractivity contribution in [2.24, 2.45) is 0 Å². The maximum Gasteiger partial charge on any atom is 0.409 e. The van der Waals surface area contributed by atoms with Gasteiger partial charge < -0.3 is 19.1 Å². The maximum atomic E-state index is 11.5. The van der Waals surface area contributed by atoms with Crippen molar-refractivity contribution in [3.8, 4) is 0 Å². The summed E-state index contributed by atoms with van der Waals surface area (Å²) in [5.74, 6) is -1.28. The van der Waals surface area contributed by atoms with Gasteiger partial charge in [0.25, 0.3) is 0 Å². The molecule has 0 aliphatic rings. The zero-order valence-corrected chi connectivity index (χ0v) is 12.8.